The van der Waals surface area contributed by atoms with Crippen LogP contribution in [-0.2, 0) is 4.79 Å². The van der Waals surface area contributed by atoms with Crippen molar-refractivity contribution < 1.29 is 23.0 Å². The molecule has 0 radical (unpaired) electrons. The number of carbonyl (C=O) groups excluding carboxylic acids is 1. The van der Waals surface area contributed by atoms with Gasteiger partial charge in [0.15, 0.2) is 17.3 Å². The molecular weight excluding hydrogens is 266 g/mol. The van der Waals surface area contributed by atoms with Crippen LogP contribution in [0.15, 0.2) is 23.8 Å². The maximum absolute atomic E-state index is 12.3. The lowest BCUT2D eigenvalue weighted by molar-refractivity contribution is -0.113. The molecule has 0 saturated heterocycles. The summed E-state index contributed by atoms with van der Waals surface area (Å²) in [7, 11) is 1.37. The average Bonchev–Trinajstić information content (AvgIpc) is 2.34. The first-order valence-corrected chi connectivity index (χ1v) is 6.20. The topological polar surface area (TPSA) is 35.5 Å². The van der Waals surface area contributed by atoms with Crippen LogP contribution in [0.4, 0.5) is 8.78 Å². The van der Waals surface area contributed by atoms with Gasteiger partial charge < -0.3 is 9.47 Å². The van der Waals surface area contributed by atoms with Gasteiger partial charge >= 0.3 is 6.61 Å². The number of methoxy groups -OCH3 is 1. The molecule has 0 aliphatic heterocycles. The van der Waals surface area contributed by atoms with E-state index in [0.29, 0.717) is 11.1 Å². The summed E-state index contributed by atoms with van der Waals surface area (Å²) in [6.45, 7) is 2.34. The van der Waals surface area contributed by atoms with Crippen LogP contribution >= 0.6 is 0 Å². The Hall–Kier alpha value is -1.91. The molecule has 3 nitrogen and oxygen atoms in total. The molecule has 0 bridgehead atoms. The quantitative estimate of drug-likeness (QED) is 0.743. The monoisotopic (exact) mass is 284 g/mol. The lowest BCUT2D eigenvalue weighted by Crippen LogP contribution is -2.05. The first kappa shape index (κ1) is 16.1. The largest absolute Gasteiger partial charge is 0.493 e. The Kier molecular flexibility index (Phi) is 5.67. The van der Waals surface area contributed by atoms with Gasteiger partial charge in [-0.05, 0) is 42.2 Å². The maximum atomic E-state index is 12.3. The van der Waals surface area contributed by atoms with Crippen LogP contribution in [-0.4, -0.2) is 19.5 Å². The lowest BCUT2D eigenvalue weighted by Gasteiger charge is -2.12. The number of Topliss-reactive ketones (excluding diaryl/α,β-unsaturated/α-hetero) is 1. The fourth-order valence-corrected chi connectivity index (χ4v) is 1.83. The summed E-state index contributed by atoms with van der Waals surface area (Å²) < 4.78 is 34.0. The number of ketones is 1. The van der Waals surface area contributed by atoms with Crippen LogP contribution in [0.1, 0.15) is 26.3 Å². The molecule has 0 heterocycles. The minimum Gasteiger partial charge on any atom is -0.493 e. The minimum absolute atomic E-state index is 0.0489. The Morgan fingerprint density at radius 1 is 1.25 bits per heavy atom. The highest BCUT2D eigenvalue weighted by molar-refractivity contribution is 5.98. The Morgan fingerprint density at radius 2 is 1.90 bits per heavy atom. The molecule has 20 heavy (non-hydrogen) atoms. The third-order valence-corrected chi connectivity index (χ3v) is 2.75. The summed E-state index contributed by atoms with van der Waals surface area (Å²) in [5.74, 6) is 0.167. The number of allylic oxidation sites excluding steroid dienone is 1. The van der Waals surface area contributed by atoms with E-state index >= 15 is 0 Å². The third kappa shape index (κ3) is 4.33. The summed E-state index contributed by atoms with van der Waals surface area (Å²) in [4.78, 5) is 11.5. The van der Waals surface area contributed by atoms with Crippen LogP contribution in [0.2, 0.25) is 0 Å². The normalized spacial score (nSPS) is 11.9. The van der Waals surface area contributed by atoms with Crippen molar-refractivity contribution >= 4 is 11.9 Å². The number of benzene rings is 1. The number of alkyl halides is 2. The molecule has 5 heteroatoms. The molecule has 1 rings (SSSR count). The second-order valence-electron chi connectivity index (χ2n) is 4.60. The zero-order valence-corrected chi connectivity index (χ0v) is 11.9. The molecule has 0 unspecified atom stereocenters. The van der Waals surface area contributed by atoms with Crippen LogP contribution < -0.4 is 9.47 Å². The van der Waals surface area contributed by atoms with Gasteiger partial charge in [-0.2, -0.15) is 8.78 Å². The molecule has 0 atom stereocenters. The molecule has 0 saturated carbocycles. The van der Waals surface area contributed by atoms with Gasteiger partial charge in [0.2, 0.25) is 0 Å². The minimum atomic E-state index is -2.93. The summed E-state index contributed by atoms with van der Waals surface area (Å²) in [6, 6.07) is 4.64. The zero-order chi connectivity index (χ0) is 15.3. The lowest BCUT2D eigenvalue weighted by atomic mass is 9.97. The van der Waals surface area contributed by atoms with E-state index < -0.39 is 6.61 Å². The van der Waals surface area contributed by atoms with E-state index in [-0.39, 0.29) is 23.2 Å². The Bertz CT molecular complexity index is 508. The van der Waals surface area contributed by atoms with E-state index in [0.717, 1.165) is 0 Å². The molecule has 0 N–H and O–H groups in total. The highest BCUT2D eigenvalue weighted by Gasteiger charge is 2.13. The van der Waals surface area contributed by atoms with E-state index in [1.165, 1.54) is 26.2 Å². The van der Waals surface area contributed by atoms with Gasteiger partial charge in [0, 0.05) is 0 Å². The Morgan fingerprint density at radius 3 is 2.35 bits per heavy atom. The van der Waals surface area contributed by atoms with Crippen molar-refractivity contribution in [2.45, 2.75) is 27.4 Å². The molecule has 0 aliphatic carbocycles. The van der Waals surface area contributed by atoms with Crippen LogP contribution in [0, 0.1) is 5.92 Å². The first-order valence-electron chi connectivity index (χ1n) is 6.20. The summed E-state index contributed by atoms with van der Waals surface area (Å²) in [5.41, 5.74) is 1.23. The summed E-state index contributed by atoms with van der Waals surface area (Å²) in [5, 5.41) is 0. The number of hydrogen-bond acceptors (Lipinski definition) is 3. The second kappa shape index (κ2) is 7.03. The predicted octanol–water partition coefficient (Wildman–Crippen LogP) is 3.93. The first-order chi connectivity index (χ1) is 9.35. The van der Waals surface area contributed by atoms with E-state index in [9.17, 15) is 13.6 Å². The molecule has 0 aromatic heterocycles. The molecule has 0 amide bonds. The molecular formula is C15H18F2O3. The number of hydrogen-bond donors (Lipinski definition) is 0. The molecule has 0 fully saturated rings. The second-order valence-corrected chi connectivity index (χ2v) is 4.60. The molecule has 1 aromatic carbocycles. The van der Waals surface area contributed by atoms with Crippen molar-refractivity contribution in [2.75, 3.05) is 7.11 Å². The van der Waals surface area contributed by atoms with Crippen molar-refractivity contribution in [1.29, 1.82) is 0 Å². The number of carbonyl (C=O) groups is 1. The Balaban J connectivity index is 3.19. The van der Waals surface area contributed by atoms with Crippen molar-refractivity contribution in [3.05, 3.63) is 29.3 Å². The molecule has 110 valence electrons. The van der Waals surface area contributed by atoms with Gasteiger partial charge in [0.05, 0.1) is 7.11 Å². The number of ether oxygens (including phenoxy) is 2. The van der Waals surface area contributed by atoms with E-state index in [2.05, 4.69) is 4.74 Å². The highest BCUT2D eigenvalue weighted by atomic mass is 19.3. The molecule has 1 aromatic rings. The van der Waals surface area contributed by atoms with Crippen molar-refractivity contribution in [1.82, 2.24) is 0 Å². The van der Waals surface area contributed by atoms with Gasteiger partial charge in [-0.15, -0.1) is 0 Å². The number of rotatable bonds is 6. The van der Waals surface area contributed by atoms with E-state index in [4.69, 9.17) is 4.74 Å². The van der Waals surface area contributed by atoms with Crippen LogP contribution in [0.25, 0.3) is 6.08 Å². The van der Waals surface area contributed by atoms with Gasteiger partial charge in [0.1, 0.15) is 0 Å². The van der Waals surface area contributed by atoms with Crippen LogP contribution in [0.3, 0.4) is 0 Å². The Labute approximate surface area is 117 Å². The van der Waals surface area contributed by atoms with Crippen molar-refractivity contribution in [3.8, 4) is 11.5 Å². The molecule has 0 aliphatic rings. The van der Waals surface area contributed by atoms with Gasteiger partial charge in [-0.25, -0.2) is 0 Å². The summed E-state index contributed by atoms with van der Waals surface area (Å²) in [6.07, 6.45) is 1.67. The molecule has 0 spiro atoms. The fourth-order valence-electron chi connectivity index (χ4n) is 1.83. The average molecular weight is 284 g/mol. The van der Waals surface area contributed by atoms with Crippen molar-refractivity contribution in [2.24, 2.45) is 5.92 Å². The maximum Gasteiger partial charge on any atom is 0.387 e. The van der Waals surface area contributed by atoms with E-state index in [1.54, 1.807) is 12.1 Å². The van der Waals surface area contributed by atoms with Gasteiger partial charge in [-0.1, -0.05) is 19.9 Å². The van der Waals surface area contributed by atoms with Crippen molar-refractivity contribution in [3.63, 3.8) is 0 Å². The zero-order valence-electron chi connectivity index (χ0n) is 11.9. The SMILES string of the molecule is COc1ccc(/C=C(/C(C)=O)C(C)C)cc1OC(F)F. The standard InChI is InChI=1S/C15H18F2O3/c1-9(2)12(10(3)18)7-11-5-6-13(19-4)14(8-11)20-15(16)17/h5-9,15H,1-4H3/b12-7+. The summed E-state index contributed by atoms with van der Waals surface area (Å²) >= 11 is 0. The predicted molar refractivity (Wildman–Crippen MR) is 73.1 cm³/mol. The number of halogens is 2. The highest BCUT2D eigenvalue weighted by Crippen LogP contribution is 2.30. The smallest absolute Gasteiger partial charge is 0.387 e. The fraction of sp³-hybridized carbons (Fsp3) is 0.400. The van der Waals surface area contributed by atoms with Gasteiger partial charge in [0.25, 0.3) is 0 Å². The van der Waals surface area contributed by atoms with E-state index in [1.807, 2.05) is 13.8 Å². The van der Waals surface area contributed by atoms with Gasteiger partial charge in [-0.3, -0.25) is 4.79 Å². The third-order valence-electron chi connectivity index (χ3n) is 2.75. The van der Waals surface area contributed by atoms with Crippen LogP contribution in [0.5, 0.6) is 11.5 Å².